The third-order valence-corrected chi connectivity index (χ3v) is 7.93. The fraction of sp³-hybridized carbons (Fsp3) is 0.381. The van der Waals surface area contributed by atoms with Crippen molar-refractivity contribution in [2.24, 2.45) is 0 Å². The van der Waals surface area contributed by atoms with Crippen LogP contribution in [-0.2, 0) is 14.6 Å². The van der Waals surface area contributed by atoms with E-state index in [9.17, 15) is 17.6 Å². The summed E-state index contributed by atoms with van der Waals surface area (Å²) in [4.78, 5) is 13.3. The number of hydrogen-bond donors (Lipinski definition) is 1. The lowest BCUT2D eigenvalue weighted by Gasteiger charge is -2.29. The molecular formula is C21H24FNO4S. The van der Waals surface area contributed by atoms with Crippen LogP contribution in [0.25, 0.3) is 0 Å². The van der Waals surface area contributed by atoms with E-state index in [2.05, 4.69) is 5.32 Å². The van der Waals surface area contributed by atoms with Crippen molar-refractivity contribution >= 4 is 15.7 Å². The van der Waals surface area contributed by atoms with E-state index in [1.54, 1.807) is 31.2 Å². The lowest BCUT2D eigenvalue weighted by Crippen LogP contribution is -2.51. The molecule has 1 aliphatic rings. The van der Waals surface area contributed by atoms with Gasteiger partial charge in [-0.3, -0.25) is 4.79 Å². The summed E-state index contributed by atoms with van der Waals surface area (Å²) in [7, 11) is -2.48. The van der Waals surface area contributed by atoms with Gasteiger partial charge in [-0.05, 0) is 49.6 Å². The van der Waals surface area contributed by atoms with E-state index in [1.807, 2.05) is 0 Å². The molecule has 2 aromatic rings. The highest BCUT2D eigenvalue weighted by molar-refractivity contribution is 7.93. The largest absolute Gasteiger partial charge is 0.494 e. The SMILES string of the molecule is COc1ccc(C(C)NC(=O)C2(S(=O)(=O)c3ccccc3)CCCC2)cc1F. The van der Waals surface area contributed by atoms with Crippen LogP contribution in [-0.4, -0.2) is 26.2 Å². The van der Waals surface area contributed by atoms with Crippen molar-refractivity contribution in [2.75, 3.05) is 7.11 Å². The van der Waals surface area contributed by atoms with Crippen LogP contribution in [0.4, 0.5) is 4.39 Å². The molecule has 0 heterocycles. The van der Waals surface area contributed by atoms with E-state index in [0.29, 0.717) is 18.4 Å². The number of amides is 1. The second-order valence-corrected chi connectivity index (χ2v) is 9.37. The number of benzene rings is 2. The standard InChI is InChI=1S/C21H24FNO4S/c1-15(16-10-11-19(27-2)18(22)14-16)23-20(24)21(12-6-7-13-21)28(25,26)17-8-4-3-5-9-17/h3-5,8-11,14-15H,6-7,12-13H2,1-2H3,(H,23,24). The second-order valence-electron chi connectivity index (χ2n) is 7.11. The minimum absolute atomic E-state index is 0.112. The maximum Gasteiger partial charge on any atom is 0.242 e. The van der Waals surface area contributed by atoms with Gasteiger partial charge in [0.2, 0.25) is 5.91 Å². The molecule has 1 fully saturated rings. The third-order valence-electron chi connectivity index (χ3n) is 5.42. The lowest BCUT2D eigenvalue weighted by atomic mass is 10.0. The number of halogens is 1. The Morgan fingerprint density at radius 2 is 1.79 bits per heavy atom. The Labute approximate surface area is 164 Å². The maximum absolute atomic E-state index is 14.0. The molecule has 1 aliphatic carbocycles. The van der Waals surface area contributed by atoms with Crippen molar-refractivity contribution in [3.05, 3.63) is 59.9 Å². The predicted molar refractivity (Wildman–Crippen MR) is 104 cm³/mol. The zero-order chi connectivity index (χ0) is 20.4. The van der Waals surface area contributed by atoms with Gasteiger partial charge in [0.1, 0.15) is 0 Å². The maximum atomic E-state index is 14.0. The summed E-state index contributed by atoms with van der Waals surface area (Å²) in [6.07, 6.45) is 1.90. The molecule has 5 nitrogen and oxygen atoms in total. The van der Waals surface area contributed by atoms with Crippen LogP contribution >= 0.6 is 0 Å². The van der Waals surface area contributed by atoms with Crippen LogP contribution in [0.3, 0.4) is 0 Å². The van der Waals surface area contributed by atoms with E-state index in [-0.39, 0.29) is 23.5 Å². The summed E-state index contributed by atoms with van der Waals surface area (Å²) < 4.78 is 44.1. The quantitative estimate of drug-likeness (QED) is 0.794. The lowest BCUT2D eigenvalue weighted by molar-refractivity contribution is -0.124. The van der Waals surface area contributed by atoms with Gasteiger partial charge < -0.3 is 10.1 Å². The van der Waals surface area contributed by atoms with Gasteiger partial charge in [-0.1, -0.05) is 37.1 Å². The monoisotopic (exact) mass is 405 g/mol. The van der Waals surface area contributed by atoms with E-state index in [4.69, 9.17) is 4.74 Å². The Kier molecular flexibility index (Phi) is 5.74. The Balaban J connectivity index is 1.89. The summed E-state index contributed by atoms with van der Waals surface area (Å²) in [6.45, 7) is 1.71. The smallest absolute Gasteiger partial charge is 0.242 e. The minimum Gasteiger partial charge on any atom is -0.494 e. The Hall–Kier alpha value is -2.41. The van der Waals surface area contributed by atoms with Crippen molar-refractivity contribution in [2.45, 2.75) is 48.3 Å². The van der Waals surface area contributed by atoms with Crippen LogP contribution in [0.1, 0.15) is 44.2 Å². The van der Waals surface area contributed by atoms with Crippen LogP contribution in [0.2, 0.25) is 0 Å². The fourth-order valence-corrected chi connectivity index (χ4v) is 5.85. The van der Waals surface area contributed by atoms with Crippen molar-refractivity contribution in [1.82, 2.24) is 5.32 Å². The van der Waals surface area contributed by atoms with Gasteiger partial charge in [-0.2, -0.15) is 0 Å². The third kappa shape index (κ3) is 3.51. The van der Waals surface area contributed by atoms with Crippen LogP contribution < -0.4 is 10.1 Å². The topological polar surface area (TPSA) is 72.5 Å². The van der Waals surface area contributed by atoms with E-state index >= 15 is 0 Å². The molecule has 1 amide bonds. The summed E-state index contributed by atoms with van der Waals surface area (Å²) in [5.74, 6) is -0.952. The number of carbonyl (C=O) groups excluding carboxylic acids is 1. The molecule has 0 spiro atoms. The molecule has 1 saturated carbocycles. The van der Waals surface area contributed by atoms with Crippen molar-refractivity contribution in [3.8, 4) is 5.75 Å². The molecule has 28 heavy (non-hydrogen) atoms. The predicted octanol–water partition coefficient (Wildman–Crippen LogP) is 3.80. The number of methoxy groups -OCH3 is 1. The van der Waals surface area contributed by atoms with E-state index in [0.717, 1.165) is 0 Å². The molecule has 1 atom stereocenters. The van der Waals surface area contributed by atoms with Gasteiger partial charge in [0.05, 0.1) is 18.0 Å². The number of nitrogens with one attached hydrogen (secondary N) is 1. The molecule has 0 aromatic heterocycles. The number of rotatable bonds is 6. The van der Waals surface area contributed by atoms with Crippen LogP contribution in [0, 0.1) is 5.82 Å². The number of sulfone groups is 1. The van der Waals surface area contributed by atoms with Gasteiger partial charge in [0, 0.05) is 0 Å². The van der Waals surface area contributed by atoms with Gasteiger partial charge in [-0.25, -0.2) is 12.8 Å². The van der Waals surface area contributed by atoms with Crippen LogP contribution in [0.15, 0.2) is 53.4 Å². The zero-order valence-corrected chi connectivity index (χ0v) is 16.8. The van der Waals surface area contributed by atoms with Gasteiger partial charge in [-0.15, -0.1) is 0 Å². The van der Waals surface area contributed by atoms with Crippen molar-refractivity contribution in [1.29, 1.82) is 0 Å². The fourth-order valence-electron chi connectivity index (χ4n) is 3.75. The molecule has 1 unspecified atom stereocenters. The average Bonchev–Trinajstić information content (AvgIpc) is 3.20. The molecule has 1 N–H and O–H groups in total. The molecule has 3 rings (SSSR count). The van der Waals surface area contributed by atoms with Gasteiger partial charge >= 0.3 is 0 Å². The number of carbonyl (C=O) groups is 1. The molecular weight excluding hydrogens is 381 g/mol. The molecule has 0 bridgehead atoms. The molecule has 0 aliphatic heterocycles. The summed E-state index contributed by atoms with van der Waals surface area (Å²) in [5.41, 5.74) is 0.539. The van der Waals surface area contributed by atoms with Gasteiger partial charge in [0.25, 0.3) is 0 Å². The number of hydrogen-bond acceptors (Lipinski definition) is 4. The first-order valence-corrected chi connectivity index (χ1v) is 10.7. The molecule has 0 saturated heterocycles. The summed E-state index contributed by atoms with van der Waals surface area (Å²) in [6, 6.07) is 12.0. The molecule has 0 radical (unpaired) electrons. The second kappa shape index (κ2) is 7.91. The Bertz CT molecular complexity index is 954. The minimum atomic E-state index is -3.85. The first-order chi connectivity index (χ1) is 13.3. The highest BCUT2D eigenvalue weighted by Gasteiger charge is 2.53. The highest BCUT2D eigenvalue weighted by atomic mass is 32.2. The van der Waals surface area contributed by atoms with E-state index < -0.39 is 32.4 Å². The Morgan fingerprint density at radius 3 is 2.36 bits per heavy atom. The normalized spacial score (nSPS) is 17.1. The molecule has 7 heteroatoms. The van der Waals surface area contributed by atoms with Crippen molar-refractivity contribution in [3.63, 3.8) is 0 Å². The van der Waals surface area contributed by atoms with Crippen LogP contribution in [0.5, 0.6) is 5.75 Å². The molecule has 2 aromatic carbocycles. The first kappa shape index (κ1) is 20.3. The Morgan fingerprint density at radius 1 is 1.14 bits per heavy atom. The van der Waals surface area contributed by atoms with Gasteiger partial charge in [0.15, 0.2) is 26.2 Å². The molecule has 150 valence electrons. The summed E-state index contributed by atoms with van der Waals surface area (Å²) >= 11 is 0. The van der Waals surface area contributed by atoms with Crippen molar-refractivity contribution < 1.29 is 22.3 Å². The van der Waals surface area contributed by atoms with E-state index in [1.165, 1.54) is 31.4 Å². The highest BCUT2D eigenvalue weighted by Crippen LogP contribution is 2.41. The number of ether oxygens (including phenoxy) is 1. The zero-order valence-electron chi connectivity index (χ0n) is 15.9. The average molecular weight is 405 g/mol. The summed E-state index contributed by atoms with van der Waals surface area (Å²) in [5, 5.41) is 2.79. The first-order valence-electron chi connectivity index (χ1n) is 9.26.